The van der Waals surface area contributed by atoms with Crippen LogP contribution in [-0.4, -0.2) is 38.4 Å². The van der Waals surface area contributed by atoms with Gasteiger partial charge < -0.3 is 5.73 Å². The summed E-state index contributed by atoms with van der Waals surface area (Å²) >= 11 is 0. The highest BCUT2D eigenvalue weighted by atomic mass is 32.2. The Morgan fingerprint density at radius 3 is 2.21 bits per heavy atom. The molecule has 0 spiro atoms. The van der Waals surface area contributed by atoms with Gasteiger partial charge in [-0.05, 0) is 19.9 Å². The van der Waals surface area contributed by atoms with Crippen molar-refractivity contribution >= 4 is 10.2 Å². The van der Waals surface area contributed by atoms with E-state index >= 15 is 0 Å². The van der Waals surface area contributed by atoms with Gasteiger partial charge in [0.1, 0.15) is 0 Å². The zero-order valence-corrected chi connectivity index (χ0v) is 9.97. The summed E-state index contributed by atoms with van der Waals surface area (Å²) in [4.78, 5) is 0. The Bertz CT molecular complexity index is 237. The smallest absolute Gasteiger partial charge is 0.279 e. The summed E-state index contributed by atoms with van der Waals surface area (Å²) < 4.78 is 27.3. The van der Waals surface area contributed by atoms with Gasteiger partial charge >= 0.3 is 0 Å². The first-order chi connectivity index (χ1) is 6.47. The highest BCUT2D eigenvalue weighted by molar-refractivity contribution is 7.87. The van der Waals surface area contributed by atoms with E-state index in [1.807, 2.05) is 20.8 Å². The fraction of sp³-hybridized carbons (Fsp3) is 1.00. The molecule has 0 saturated carbocycles. The fourth-order valence-corrected chi connectivity index (χ4v) is 2.66. The summed E-state index contributed by atoms with van der Waals surface area (Å²) in [6, 6.07) is -0.106. The van der Waals surface area contributed by atoms with Crippen LogP contribution in [-0.2, 0) is 10.2 Å². The highest BCUT2D eigenvalue weighted by Gasteiger charge is 2.20. The standard InChI is InChI=1S/C8H21N3O2S/c1-4-11(5-2)14(12,13)10-8(3)6-7-9/h8,10H,4-7,9H2,1-3H3. The normalized spacial score (nSPS) is 14.6. The molecule has 0 saturated heterocycles. The molecule has 0 amide bonds. The van der Waals surface area contributed by atoms with Crippen LogP contribution in [0, 0.1) is 0 Å². The second kappa shape index (κ2) is 6.34. The van der Waals surface area contributed by atoms with E-state index in [0.29, 0.717) is 26.1 Å². The van der Waals surface area contributed by atoms with Gasteiger partial charge in [-0.3, -0.25) is 0 Å². The fourth-order valence-electron chi connectivity index (χ4n) is 1.20. The molecule has 0 aromatic rings. The van der Waals surface area contributed by atoms with E-state index in [4.69, 9.17) is 5.73 Å². The third kappa shape index (κ3) is 4.36. The van der Waals surface area contributed by atoms with Gasteiger partial charge in [0.15, 0.2) is 0 Å². The predicted molar refractivity (Wildman–Crippen MR) is 58.1 cm³/mol. The van der Waals surface area contributed by atoms with Crippen LogP contribution in [0.25, 0.3) is 0 Å². The number of hydrogen-bond acceptors (Lipinski definition) is 3. The lowest BCUT2D eigenvalue weighted by Gasteiger charge is -2.21. The maximum Gasteiger partial charge on any atom is 0.279 e. The van der Waals surface area contributed by atoms with Gasteiger partial charge in [-0.25, -0.2) is 0 Å². The van der Waals surface area contributed by atoms with Gasteiger partial charge in [0.2, 0.25) is 0 Å². The Kier molecular flexibility index (Phi) is 6.26. The quantitative estimate of drug-likeness (QED) is 0.633. The molecule has 0 bridgehead atoms. The van der Waals surface area contributed by atoms with Crippen molar-refractivity contribution < 1.29 is 8.42 Å². The van der Waals surface area contributed by atoms with E-state index in [0.717, 1.165) is 0 Å². The summed E-state index contributed by atoms with van der Waals surface area (Å²) in [5.74, 6) is 0. The van der Waals surface area contributed by atoms with Gasteiger partial charge in [0.25, 0.3) is 10.2 Å². The van der Waals surface area contributed by atoms with Crippen LogP contribution in [0.5, 0.6) is 0 Å². The number of rotatable bonds is 7. The van der Waals surface area contributed by atoms with Crippen LogP contribution in [0.15, 0.2) is 0 Å². The van der Waals surface area contributed by atoms with E-state index in [-0.39, 0.29) is 6.04 Å². The topological polar surface area (TPSA) is 75.4 Å². The van der Waals surface area contributed by atoms with Crippen molar-refractivity contribution in [2.75, 3.05) is 19.6 Å². The largest absolute Gasteiger partial charge is 0.330 e. The van der Waals surface area contributed by atoms with Gasteiger partial charge in [-0.15, -0.1) is 0 Å². The van der Waals surface area contributed by atoms with Crippen molar-refractivity contribution in [3.8, 4) is 0 Å². The number of nitrogens with zero attached hydrogens (tertiary/aromatic N) is 1. The molecular formula is C8H21N3O2S. The molecule has 0 aliphatic rings. The van der Waals surface area contributed by atoms with Gasteiger partial charge in [-0.1, -0.05) is 13.8 Å². The first kappa shape index (κ1) is 13.8. The molecule has 0 radical (unpaired) electrons. The Hall–Kier alpha value is -0.170. The minimum absolute atomic E-state index is 0.106. The molecule has 0 aliphatic heterocycles. The first-order valence-corrected chi connectivity index (χ1v) is 6.39. The van der Waals surface area contributed by atoms with Crippen molar-refractivity contribution in [1.29, 1.82) is 0 Å². The average molecular weight is 223 g/mol. The maximum atomic E-state index is 11.7. The molecule has 5 nitrogen and oxygen atoms in total. The van der Waals surface area contributed by atoms with Crippen LogP contribution >= 0.6 is 0 Å². The molecular weight excluding hydrogens is 202 g/mol. The SMILES string of the molecule is CCN(CC)S(=O)(=O)NC(C)CCN. The van der Waals surface area contributed by atoms with Crippen molar-refractivity contribution in [3.63, 3.8) is 0 Å². The van der Waals surface area contributed by atoms with Gasteiger partial charge in [0.05, 0.1) is 0 Å². The lowest BCUT2D eigenvalue weighted by Crippen LogP contribution is -2.44. The summed E-state index contributed by atoms with van der Waals surface area (Å²) in [6.45, 7) is 6.91. The average Bonchev–Trinajstić information content (AvgIpc) is 2.04. The molecule has 0 heterocycles. The van der Waals surface area contributed by atoms with Crippen LogP contribution in [0.1, 0.15) is 27.2 Å². The van der Waals surface area contributed by atoms with E-state index in [2.05, 4.69) is 4.72 Å². The minimum atomic E-state index is -3.32. The van der Waals surface area contributed by atoms with E-state index in [1.165, 1.54) is 4.31 Å². The van der Waals surface area contributed by atoms with E-state index in [9.17, 15) is 8.42 Å². The summed E-state index contributed by atoms with van der Waals surface area (Å²) in [5.41, 5.74) is 5.34. The van der Waals surface area contributed by atoms with Crippen LogP contribution in [0.4, 0.5) is 0 Å². The number of nitrogens with one attached hydrogen (secondary N) is 1. The Balaban J connectivity index is 4.32. The first-order valence-electron chi connectivity index (χ1n) is 4.95. The van der Waals surface area contributed by atoms with Crippen LogP contribution < -0.4 is 10.5 Å². The summed E-state index contributed by atoms with van der Waals surface area (Å²) in [7, 11) is -3.32. The Labute approximate surface area is 86.8 Å². The Morgan fingerprint density at radius 2 is 1.86 bits per heavy atom. The molecule has 0 aliphatic carbocycles. The molecule has 0 rings (SSSR count). The van der Waals surface area contributed by atoms with Crippen molar-refractivity contribution in [3.05, 3.63) is 0 Å². The summed E-state index contributed by atoms with van der Waals surface area (Å²) in [5, 5.41) is 0. The van der Waals surface area contributed by atoms with Crippen molar-refractivity contribution in [2.24, 2.45) is 5.73 Å². The molecule has 14 heavy (non-hydrogen) atoms. The molecule has 86 valence electrons. The lowest BCUT2D eigenvalue weighted by atomic mass is 10.3. The predicted octanol–water partition coefficient (Wildman–Crippen LogP) is -0.100. The third-order valence-electron chi connectivity index (χ3n) is 2.00. The molecule has 6 heteroatoms. The number of hydrogen-bond donors (Lipinski definition) is 2. The molecule has 0 aromatic heterocycles. The van der Waals surface area contributed by atoms with E-state index in [1.54, 1.807) is 0 Å². The monoisotopic (exact) mass is 223 g/mol. The zero-order chi connectivity index (χ0) is 11.2. The molecule has 1 atom stereocenters. The molecule has 3 N–H and O–H groups in total. The van der Waals surface area contributed by atoms with Crippen molar-refractivity contribution in [2.45, 2.75) is 33.2 Å². The van der Waals surface area contributed by atoms with Crippen molar-refractivity contribution in [1.82, 2.24) is 9.03 Å². The highest BCUT2D eigenvalue weighted by Crippen LogP contribution is 1.99. The van der Waals surface area contributed by atoms with Crippen LogP contribution in [0.2, 0.25) is 0 Å². The summed E-state index contributed by atoms with van der Waals surface area (Å²) in [6.07, 6.45) is 0.653. The molecule has 0 aromatic carbocycles. The minimum Gasteiger partial charge on any atom is -0.330 e. The second-order valence-corrected chi connectivity index (χ2v) is 4.89. The molecule has 0 fully saturated rings. The lowest BCUT2D eigenvalue weighted by molar-refractivity contribution is 0.425. The second-order valence-electron chi connectivity index (χ2n) is 3.19. The Morgan fingerprint density at radius 1 is 1.36 bits per heavy atom. The van der Waals surface area contributed by atoms with Gasteiger partial charge in [0, 0.05) is 19.1 Å². The van der Waals surface area contributed by atoms with E-state index < -0.39 is 10.2 Å². The molecule has 1 unspecified atom stereocenters. The number of nitrogens with two attached hydrogens (primary N) is 1. The van der Waals surface area contributed by atoms with Crippen LogP contribution in [0.3, 0.4) is 0 Å². The zero-order valence-electron chi connectivity index (χ0n) is 9.16. The third-order valence-corrected chi connectivity index (χ3v) is 3.89. The van der Waals surface area contributed by atoms with Gasteiger partial charge in [-0.2, -0.15) is 17.4 Å². The maximum absolute atomic E-state index is 11.7.